The van der Waals surface area contributed by atoms with E-state index in [1.54, 1.807) is 0 Å². The molecule has 0 aliphatic rings. The summed E-state index contributed by atoms with van der Waals surface area (Å²) in [5.74, 6) is 0. The van der Waals surface area contributed by atoms with Crippen LogP contribution in [0.1, 0.15) is 0 Å². The van der Waals surface area contributed by atoms with E-state index in [9.17, 15) is 35.1 Å². The maximum Gasteiger partial charge on any atom is 0.549 e. The summed E-state index contributed by atoms with van der Waals surface area (Å²) >= 11 is -2.08. The van der Waals surface area contributed by atoms with Crippen LogP contribution in [0.25, 0.3) is 0 Å². The first-order valence-electron chi connectivity index (χ1n) is 2.50. The van der Waals surface area contributed by atoms with E-state index < -0.39 is 29.1 Å². The fraction of sp³-hybridized carbons (Fsp3) is 1.00. The summed E-state index contributed by atoms with van der Waals surface area (Å²) in [6, 6.07) is 0. The third kappa shape index (κ3) is 8.31. The van der Waals surface area contributed by atoms with Gasteiger partial charge in [-0.05, 0) is 0 Å². The molecular weight excluding hydrogens is 252 g/mol. The van der Waals surface area contributed by atoms with Gasteiger partial charge in [0.15, 0.2) is 0 Å². The third-order valence-corrected chi connectivity index (χ3v) is 1.00. The number of hydrogen-bond donors (Lipinski definition) is 0. The van der Waals surface area contributed by atoms with E-state index in [1.807, 2.05) is 0 Å². The molecule has 0 saturated heterocycles. The first-order valence-corrected chi connectivity index (χ1v) is 3.31. The van der Waals surface area contributed by atoms with Crippen LogP contribution in [0.2, 0.25) is 0 Å². The summed E-state index contributed by atoms with van der Waals surface area (Å²) in [4.78, 5) is 4.32. The van der Waals surface area contributed by atoms with Gasteiger partial charge in [0.1, 0.15) is 0 Å². The summed E-state index contributed by atoms with van der Waals surface area (Å²) in [5.41, 5.74) is -10.6. The summed E-state index contributed by atoms with van der Waals surface area (Å²) in [7, 11) is 0. The van der Waals surface area contributed by atoms with Crippen LogP contribution in [-0.4, -0.2) is 17.3 Å². The fourth-order valence-electron chi connectivity index (χ4n) is 0.247. The Balaban J connectivity index is 4.09. The predicted octanol–water partition coefficient (Wildman–Crippen LogP) is 3.26. The highest BCUT2D eigenvalue weighted by Crippen LogP contribution is 2.44. The van der Waals surface area contributed by atoms with E-state index in [-0.39, 0.29) is 0 Å². The van der Waals surface area contributed by atoms with Crippen LogP contribution < -0.4 is 0 Å². The van der Waals surface area contributed by atoms with E-state index in [0.717, 1.165) is 0 Å². The van der Waals surface area contributed by atoms with Crippen molar-refractivity contribution in [3.8, 4) is 0 Å². The van der Waals surface area contributed by atoms with Crippen molar-refractivity contribution >= 4 is 11.8 Å². The zero-order valence-electron chi connectivity index (χ0n) is 5.75. The van der Waals surface area contributed by atoms with Gasteiger partial charge in [0.2, 0.25) is 0 Å². The molecule has 0 aromatic rings. The van der Waals surface area contributed by atoms with Gasteiger partial charge in [-0.25, -0.2) is 0 Å². The molecule has 0 bridgehead atoms. The van der Waals surface area contributed by atoms with E-state index in [0.29, 0.717) is 0 Å². The topological polar surface area (TPSA) is 18.5 Å². The first kappa shape index (κ1) is 13.7. The normalized spacial score (nSPS) is 14.6. The van der Waals surface area contributed by atoms with Crippen molar-refractivity contribution < 1.29 is 44.9 Å². The van der Waals surface area contributed by atoms with Gasteiger partial charge in [-0.2, -0.15) is 22.0 Å². The lowest BCUT2D eigenvalue weighted by Crippen LogP contribution is -2.26. The van der Waals surface area contributed by atoms with Gasteiger partial charge in [-0.1, -0.05) is 0 Å². The Hall–Kier alpha value is -0.290. The van der Waals surface area contributed by atoms with Gasteiger partial charge in [-0.15, -0.1) is 22.9 Å². The van der Waals surface area contributed by atoms with E-state index in [1.165, 1.54) is 0 Å². The average molecular weight is 252 g/mol. The molecule has 0 aliphatic heterocycles. The molecule has 0 aliphatic carbocycles. The Bertz CT molecular complexity index is 184. The molecule has 0 unspecified atom stereocenters. The zero-order chi connectivity index (χ0) is 11.6. The Morgan fingerprint density at radius 3 is 1.43 bits per heavy atom. The van der Waals surface area contributed by atoms with Crippen molar-refractivity contribution in [1.82, 2.24) is 0 Å². The van der Waals surface area contributed by atoms with Gasteiger partial charge < -0.3 is 0 Å². The fourth-order valence-corrected chi connectivity index (χ4v) is 0.585. The molecule has 0 radical (unpaired) electrons. The molecule has 0 amide bonds. The predicted molar refractivity (Wildman–Crippen MR) is 26.8 cm³/mol. The molecule has 2 nitrogen and oxygen atoms in total. The van der Waals surface area contributed by atoms with E-state index in [2.05, 4.69) is 9.78 Å². The van der Waals surface area contributed by atoms with Crippen LogP contribution in [-0.2, 0) is 9.78 Å². The standard InChI is InChI=1S/C3F8O2S/c4-1(5,6)12-13-3(10,11)14-2(7,8)9. The van der Waals surface area contributed by atoms with Gasteiger partial charge >= 0.3 is 17.3 Å². The lowest BCUT2D eigenvalue weighted by atomic mass is 11.4. The van der Waals surface area contributed by atoms with Crippen molar-refractivity contribution in [2.45, 2.75) is 17.3 Å². The van der Waals surface area contributed by atoms with E-state index >= 15 is 0 Å². The quantitative estimate of drug-likeness (QED) is 0.332. The minimum atomic E-state index is -5.60. The molecule has 0 heterocycles. The Kier molecular flexibility index (Phi) is 3.98. The Morgan fingerprint density at radius 2 is 1.14 bits per heavy atom. The van der Waals surface area contributed by atoms with Crippen molar-refractivity contribution in [2.24, 2.45) is 0 Å². The molecule has 14 heavy (non-hydrogen) atoms. The summed E-state index contributed by atoms with van der Waals surface area (Å²) in [6.45, 7) is 0. The van der Waals surface area contributed by atoms with Crippen LogP contribution in [0.4, 0.5) is 35.1 Å². The van der Waals surface area contributed by atoms with Crippen LogP contribution in [0.3, 0.4) is 0 Å². The number of alkyl halides is 8. The highest BCUT2D eigenvalue weighted by Gasteiger charge is 2.49. The minimum absolute atomic E-state index is 2.07. The number of halogens is 8. The van der Waals surface area contributed by atoms with Crippen molar-refractivity contribution in [1.29, 1.82) is 0 Å². The van der Waals surface area contributed by atoms with Gasteiger partial charge in [0.05, 0.1) is 11.8 Å². The highest BCUT2D eigenvalue weighted by molar-refractivity contribution is 8.00. The lowest BCUT2D eigenvalue weighted by molar-refractivity contribution is -0.530. The van der Waals surface area contributed by atoms with Crippen LogP contribution in [0.15, 0.2) is 0 Å². The van der Waals surface area contributed by atoms with Crippen molar-refractivity contribution in [3.63, 3.8) is 0 Å². The van der Waals surface area contributed by atoms with Crippen LogP contribution in [0, 0.1) is 0 Å². The summed E-state index contributed by atoms with van der Waals surface area (Å²) in [5, 5.41) is 0. The molecule has 0 aromatic heterocycles. The number of thioether (sulfide) groups is 1. The second-order valence-electron chi connectivity index (χ2n) is 1.62. The minimum Gasteiger partial charge on any atom is -0.162 e. The molecular formula is C3F8O2S. The summed E-state index contributed by atoms with van der Waals surface area (Å²) < 4.78 is 90.5. The van der Waals surface area contributed by atoms with E-state index in [4.69, 9.17) is 0 Å². The second kappa shape index (κ2) is 4.06. The zero-order valence-corrected chi connectivity index (χ0v) is 6.56. The SMILES string of the molecule is FC(F)(F)OOC(F)(F)SC(F)(F)F. The Morgan fingerprint density at radius 1 is 0.714 bits per heavy atom. The largest absolute Gasteiger partial charge is 0.549 e. The third-order valence-electron chi connectivity index (χ3n) is 0.468. The molecule has 0 saturated carbocycles. The molecule has 0 aromatic carbocycles. The molecule has 0 N–H and O–H groups in total. The highest BCUT2D eigenvalue weighted by atomic mass is 32.2. The maximum atomic E-state index is 11.8. The molecule has 0 rings (SSSR count). The monoisotopic (exact) mass is 252 g/mol. The van der Waals surface area contributed by atoms with Gasteiger partial charge in [0, 0.05) is 0 Å². The Labute approximate surface area is 75.1 Å². The smallest absolute Gasteiger partial charge is 0.162 e. The van der Waals surface area contributed by atoms with Crippen LogP contribution in [0.5, 0.6) is 0 Å². The lowest BCUT2D eigenvalue weighted by Gasteiger charge is -2.16. The number of hydrogen-bond acceptors (Lipinski definition) is 3. The second-order valence-corrected chi connectivity index (χ2v) is 2.77. The average Bonchev–Trinajstić information content (AvgIpc) is 1.76. The van der Waals surface area contributed by atoms with Crippen LogP contribution >= 0.6 is 11.8 Å². The molecule has 11 heteroatoms. The molecule has 0 atom stereocenters. The molecule has 0 spiro atoms. The van der Waals surface area contributed by atoms with Crippen molar-refractivity contribution in [2.75, 3.05) is 0 Å². The van der Waals surface area contributed by atoms with Gasteiger partial charge in [0.25, 0.3) is 0 Å². The van der Waals surface area contributed by atoms with Crippen molar-refractivity contribution in [3.05, 3.63) is 0 Å². The molecule has 86 valence electrons. The van der Waals surface area contributed by atoms with Gasteiger partial charge in [-0.3, -0.25) is 0 Å². The molecule has 0 fully saturated rings. The number of rotatable bonds is 3. The summed E-state index contributed by atoms with van der Waals surface area (Å²) in [6.07, 6.45) is -5.60. The maximum absolute atomic E-state index is 11.8. The first-order chi connectivity index (χ1) is 5.91.